The van der Waals surface area contributed by atoms with Crippen LogP contribution in [-0.2, 0) is 0 Å². The molecule has 0 amide bonds. The van der Waals surface area contributed by atoms with Gasteiger partial charge in [0.25, 0.3) is 0 Å². The number of nitrogens with zero attached hydrogens (tertiary/aromatic N) is 3. The standard InChI is InChI=1S/C23H32FN3/c24-21-9-15(12-25)5-8-19(21)22-11-20(23-13-26-14-27(22)23)18-7-6-16-3-1-2-4-17(16)10-18/h13-22H,1-11H2/t15?,16?,17?,18?,19?,20?,21?,22-/m1/s1. The average molecular weight is 370 g/mol. The Balaban J connectivity index is 1.33. The fraction of sp³-hybridized carbons (Fsp3) is 0.826. The Hall–Kier alpha value is -1.37. The van der Waals surface area contributed by atoms with Crippen LogP contribution in [0.2, 0.25) is 0 Å². The average Bonchev–Trinajstić information content (AvgIpc) is 3.30. The van der Waals surface area contributed by atoms with E-state index < -0.39 is 6.17 Å². The van der Waals surface area contributed by atoms with E-state index in [1.165, 1.54) is 50.6 Å². The summed E-state index contributed by atoms with van der Waals surface area (Å²) in [5.74, 6) is 3.23. The summed E-state index contributed by atoms with van der Waals surface area (Å²) < 4.78 is 17.3. The van der Waals surface area contributed by atoms with Crippen molar-refractivity contribution in [3.63, 3.8) is 0 Å². The van der Waals surface area contributed by atoms with Crippen molar-refractivity contribution in [1.82, 2.24) is 9.55 Å². The molecule has 1 aromatic rings. The third-order valence-electron chi connectivity index (χ3n) is 8.58. The Bertz CT molecular complexity index is 707. The zero-order valence-electron chi connectivity index (χ0n) is 16.3. The highest BCUT2D eigenvalue weighted by atomic mass is 19.1. The number of aromatic nitrogens is 2. The zero-order chi connectivity index (χ0) is 18.4. The smallest absolute Gasteiger partial charge is 0.106 e. The van der Waals surface area contributed by atoms with Crippen molar-refractivity contribution in [2.24, 2.45) is 29.6 Å². The molecule has 3 nitrogen and oxygen atoms in total. The lowest BCUT2D eigenvalue weighted by atomic mass is 9.64. The van der Waals surface area contributed by atoms with Crippen LogP contribution >= 0.6 is 0 Å². The van der Waals surface area contributed by atoms with Gasteiger partial charge >= 0.3 is 0 Å². The third kappa shape index (κ3) is 3.12. The van der Waals surface area contributed by atoms with E-state index in [1.54, 1.807) is 0 Å². The Morgan fingerprint density at radius 1 is 0.963 bits per heavy atom. The highest BCUT2D eigenvalue weighted by Gasteiger charge is 2.45. The molecular formula is C23H32FN3. The first-order valence-electron chi connectivity index (χ1n) is 11.3. The van der Waals surface area contributed by atoms with E-state index in [0.29, 0.717) is 12.3 Å². The monoisotopic (exact) mass is 369 g/mol. The summed E-state index contributed by atoms with van der Waals surface area (Å²) in [7, 11) is 0. The topological polar surface area (TPSA) is 41.6 Å². The fourth-order valence-corrected chi connectivity index (χ4v) is 7.15. The molecule has 0 radical (unpaired) electrons. The van der Waals surface area contributed by atoms with Gasteiger partial charge in [0, 0.05) is 35.7 Å². The number of hydrogen-bond acceptors (Lipinski definition) is 2. The molecule has 0 aromatic carbocycles. The van der Waals surface area contributed by atoms with Crippen LogP contribution in [0, 0.1) is 40.9 Å². The molecule has 0 bridgehead atoms. The Morgan fingerprint density at radius 3 is 2.59 bits per heavy atom. The minimum atomic E-state index is -0.837. The van der Waals surface area contributed by atoms with Crippen molar-refractivity contribution in [3.05, 3.63) is 18.2 Å². The van der Waals surface area contributed by atoms with Crippen LogP contribution in [0.15, 0.2) is 12.5 Å². The molecule has 5 rings (SSSR count). The maximum Gasteiger partial charge on any atom is 0.106 e. The van der Waals surface area contributed by atoms with E-state index in [-0.39, 0.29) is 17.9 Å². The van der Waals surface area contributed by atoms with Gasteiger partial charge in [0.2, 0.25) is 0 Å². The minimum Gasteiger partial charge on any atom is -0.331 e. The van der Waals surface area contributed by atoms with Crippen molar-refractivity contribution < 1.29 is 4.39 Å². The summed E-state index contributed by atoms with van der Waals surface area (Å²) in [6.45, 7) is 0. The first kappa shape index (κ1) is 17.7. The molecule has 3 aliphatic carbocycles. The lowest BCUT2D eigenvalue weighted by Crippen LogP contribution is -2.32. The summed E-state index contributed by atoms with van der Waals surface area (Å²) >= 11 is 0. The maximum atomic E-state index is 14.9. The van der Waals surface area contributed by atoms with Gasteiger partial charge in [-0.1, -0.05) is 25.7 Å². The van der Waals surface area contributed by atoms with Gasteiger partial charge < -0.3 is 4.57 Å². The van der Waals surface area contributed by atoms with E-state index in [2.05, 4.69) is 21.8 Å². The number of halogens is 1. The van der Waals surface area contributed by atoms with Gasteiger partial charge in [-0.2, -0.15) is 5.26 Å². The molecule has 3 fully saturated rings. The largest absolute Gasteiger partial charge is 0.331 e. The summed E-state index contributed by atoms with van der Waals surface area (Å²) in [6, 6.07) is 2.54. The van der Waals surface area contributed by atoms with E-state index in [1.807, 2.05) is 6.33 Å². The molecule has 4 aliphatic rings. The highest BCUT2D eigenvalue weighted by Crippen LogP contribution is 2.53. The van der Waals surface area contributed by atoms with E-state index in [4.69, 9.17) is 5.26 Å². The van der Waals surface area contributed by atoms with Gasteiger partial charge in [-0.3, -0.25) is 0 Å². The summed E-state index contributed by atoms with van der Waals surface area (Å²) in [5.41, 5.74) is 1.37. The molecule has 0 N–H and O–H groups in total. The lowest BCUT2D eigenvalue weighted by Gasteiger charge is -2.41. The van der Waals surface area contributed by atoms with Crippen LogP contribution in [0.5, 0.6) is 0 Å². The molecule has 27 heavy (non-hydrogen) atoms. The molecule has 0 saturated heterocycles. The summed E-state index contributed by atoms with van der Waals surface area (Å²) in [4.78, 5) is 4.46. The van der Waals surface area contributed by atoms with Gasteiger partial charge in [0.05, 0.1) is 12.4 Å². The third-order valence-corrected chi connectivity index (χ3v) is 8.58. The molecule has 7 unspecified atom stereocenters. The lowest BCUT2D eigenvalue weighted by molar-refractivity contribution is 0.0907. The Labute approximate surface area is 162 Å². The molecule has 2 heterocycles. The second-order valence-electron chi connectivity index (χ2n) is 9.83. The van der Waals surface area contributed by atoms with Gasteiger partial charge in [-0.05, 0) is 62.7 Å². The molecule has 1 aromatic heterocycles. The Morgan fingerprint density at radius 2 is 1.78 bits per heavy atom. The van der Waals surface area contributed by atoms with Gasteiger partial charge in [0.1, 0.15) is 6.17 Å². The van der Waals surface area contributed by atoms with E-state index >= 15 is 0 Å². The summed E-state index contributed by atoms with van der Waals surface area (Å²) in [6.07, 6.45) is 16.3. The SMILES string of the molecule is N#CC1CCC([C@H]2CC(C3CCC4CCCCC4C3)c3cncn32)C(F)C1. The van der Waals surface area contributed by atoms with Crippen LogP contribution in [-0.4, -0.2) is 15.7 Å². The van der Waals surface area contributed by atoms with Crippen LogP contribution in [0.3, 0.4) is 0 Å². The molecule has 8 atom stereocenters. The van der Waals surface area contributed by atoms with Crippen molar-refractivity contribution >= 4 is 0 Å². The first-order valence-corrected chi connectivity index (χ1v) is 11.3. The molecule has 3 saturated carbocycles. The highest BCUT2D eigenvalue weighted by molar-refractivity contribution is 5.17. The molecule has 1 aliphatic heterocycles. The predicted octanol–water partition coefficient (Wildman–Crippen LogP) is 5.80. The van der Waals surface area contributed by atoms with Crippen molar-refractivity contribution in [1.29, 1.82) is 5.26 Å². The fourth-order valence-electron chi connectivity index (χ4n) is 7.15. The quantitative estimate of drug-likeness (QED) is 0.661. The van der Waals surface area contributed by atoms with E-state index in [9.17, 15) is 4.39 Å². The van der Waals surface area contributed by atoms with Crippen LogP contribution < -0.4 is 0 Å². The predicted molar refractivity (Wildman–Crippen MR) is 103 cm³/mol. The molecule has 4 heteroatoms. The zero-order valence-corrected chi connectivity index (χ0v) is 16.3. The van der Waals surface area contributed by atoms with Gasteiger partial charge in [0.15, 0.2) is 0 Å². The second kappa shape index (κ2) is 7.22. The summed E-state index contributed by atoms with van der Waals surface area (Å²) in [5, 5.41) is 9.16. The number of rotatable bonds is 2. The normalized spacial score (nSPS) is 44.3. The van der Waals surface area contributed by atoms with Crippen molar-refractivity contribution in [2.75, 3.05) is 0 Å². The van der Waals surface area contributed by atoms with E-state index in [0.717, 1.165) is 37.0 Å². The van der Waals surface area contributed by atoms with Crippen molar-refractivity contribution in [3.8, 4) is 6.07 Å². The number of nitriles is 1. The van der Waals surface area contributed by atoms with Crippen molar-refractivity contribution in [2.45, 2.75) is 88.8 Å². The van der Waals surface area contributed by atoms with Crippen LogP contribution in [0.1, 0.15) is 88.3 Å². The van der Waals surface area contributed by atoms with Crippen LogP contribution in [0.25, 0.3) is 0 Å². The maximum absolute atomic E-state index is 14.9. The second-order valence-corrected chi connectivity index (χ2v) is 9.83. The molecule has 146 valence electrons. The van der Waals surface area contributed by atoms with Gasteiger partial charge in [-0.25, -0.2) is 9.37 Å². The van der Waals surface area contributed by atoms with Gasteiger partial charge in [-0.15, -0.1) is 0 Å². The Kier molecular flexibility index (Phi) is 4.74. The number of hydrogen-bond donors (Lipinski definition) is 0. The number of alkyl halides is 1. The number of imidazole rings is 1. The minimum absolute atomic E-state index is 0.0681. The molecule has 0 spiro atoms. The number of fused-ring (bicyclic) bond motifs is 2. The molecular weight excluding hydrogens is 337 g/mol. The van der Waals surface area contributed by atoms with Crippen LogP contribution in [0.4, 0.5) is 4.39 Å². The first-order chi connectivity index (χ1) is 13.2.